The minimum absolute atomic E-state index is 0.0364. The van der Waals surface area contributed by atoms with Gasteiger partial charge in [-0.05, 0) is 72.0 Å². The molecule has 29 heavy (non-hydrogen) atoms. The van der Waals surface area contributed by atoms with E-state index in [1.807, 2.05) is 6.07 Å². The number of anilines is 2. The van der Waals surface area contributed by atoms with Crippen molar-refractivity contribution in [1.29, 1.82) is 0 Å². The monoisotopic (exact) mass is 508 g/mol. The summed E-state index contributed by atoms with van der Waals surface area (Å²) in [6.07, 6.45) is 0.0364. The second-order valence-electron chi connectivity index (χ2n) is 6.37. The van der Waals surface area contributed by atoms with E-state index in [1.54, 1.807) is 50.4 Å². The highest BCUT2D eigenvalue weighted by atomic mass is 127. The molecule has 0 atom stereocenters. The molecular formula is C21H21IN2O5. The number of fused-ring (bicyclic) bond motifs is 1. The van der Waals surface area contributed by atoms with Gasteiger partial charge in [0, 0.05) is 15.8 Å². The molecule has 0 saturated carbocycles. The van der Waals surface area contributed by atoms with Gasteiger partial charge in [0.1, 0.15) is 12.3 Å². The van der Waals surface area contributed by atoms with Crippen molar-refractivity contribution in [3.8, 4) is 5.75 Å². The van der Waals surface area contributed by atoms with Crippen LogP contribution in [0.25, 0.3) is 0 Å². The first kappa shape index (κ1) is 21.1. The topological polar surface area (TPSA) is 76.2 Å². The lowest BCUT2D eigenvalue weighted by Gasteiger charge is -2.23. The van der Waals surface area contributed by atoms with E-state index in [1.165, 1.54) is 9.80 Å². The molecule has 0 N–H and O–H groups in total. The van der Waals surface area contributed by atoms with Crippen molar-refractivity contribution in [1.82, 2.24) is 4.90 Å². The Morgan fingerprint density at radius 1 is 1.14 bits per heavy atom. The maximum Gasteiger partial charge on any atom is 0.307 e. The first-order valence-electron chi connectivity index (χ1n) is 9.16. The molecule has 1 aliphatic rings. The van der Waals surface area contributed by atoms with Gasteiger partial charge in [-0.1, -0.05) is 0 Å². The molecule has 0 unspecified atom stereocenters. The summed E-state index contributed by atoms with van der Waals surface area (Å²) in [5.41, 5.74) is 1.57. The quantitative estimate of drug-likeness (QED) is 0.442. The Labute approximate surface area is 182 Å². The van der Waals surface area contributed by atoms with Crippen molar-refractivity contribution < 1.29 is 23.9 Å². The molecule has 3 rings (SSSR count). The van der Waals surface area contributed by atoms with E-state index in [-0.39, 0.29) is 37.9 Å². The van der Waals surface area contributed by atoms with Gasteiger partial charge in [0.2, 0.25) is 0 Å². The third-order valence-electron chi connectivity index (χ3n) is 4.51. The third kappa shape index (κ3) is 4.69. The number of esters is 1. The van der Waals surface area contributed by atoms with Gasteiger partial charge in [-0.3, -0.25) is 19.3 Å². The lowest BCUT2D eigenvalue weighted by Crippen LogP contribution is -2.38. The molecule has 1 heterocycles. The predicted octanol–water partition coefficient (Wildman–Crippen LogP) is 3.37. The number of rotatable bonds is 6. The number of benzene rings is 2. The average molecular weight is 508 g/mol. The Bertz CT molecular complexity index is 929. The SMILES string of the molecule is CCOC(=O)CCN1CC(=O)N(c2ccc(OC)cc2)c2ccc(I)cc2C1=O. The van der Waals surface area contributed by atoms with E-state index in [0.717, 1.165) is 3.57 Å². The van der Waals surface area contributed by atoms with Crippen LogP contribution in [0.5, 0.6) is 5.75 Å². The molecule has 0 aromatic heterocycles. The molecule has 2 aromatic rings. The van der Waals surface area contributed by atoms with Crippen LogP contribution in [0, 0.1) is 3.57 Å². The summed E-state index contributed by atoms with van der Waals surface area (Å²) in [6, 6.07) is 12.5. The number of hydrogen-bond acceptors (Lipinski definition) is 5. The summed E-state index contributed by atoms with van der Waals surface area (Å²) in [6.45, 7) is 1.99. The second kappa shape index (κ2) is 9.25. The minimum Gasteiger partial charge on any atom is -0.497 e. The van der Waals surface area contributed by atoms with Gasteiger partial charge in [-0.15, -0.1) is 0 Å². The molecule has 152 valence electrons. The standard InChI is InChI=1S/C21H21IN2O5/c1-3-29-20(26)10-11-23-13-19(25)24(15-5-7-16(28-2)8-6-15)18-9-4-14(22)12-17(18)21(23)27/h4-9,12H,3,10-11,13H2,1-2H3. The van der Waals surface area contributed by atoms with Gasteiger partial charge >= 0.3 is 5.97 Å². The molecule has 0 radical (unpaired) electrons. The van der Waals surface area contributed by atoms with Gasteiger partial charge in [-0.25, -0.2) is 0 Å². The van der Waals surface area contributed by atoms with Crippen LogP contribution < -0.4 is 9.64 Å². The summed E-state index contributed by atoms with van der Waals surface area (Å²) in [5.74, 6) is -0.266. The molecular weight excluding hydrogens is 487 g/mol. The van der Waals surface area contributed by atoms with Crippen LogP contribution in [0.1, 0.15) is 23.7 Å². The highest BCUT2D eigenvalue weighted by molar-refractivity contribution is 14.1. The second-order valence-corrected chi connectivity index (χ2v) is 7.62. The highest BCUT2D eigenvalue weighted by Crippen LogP contribution is 2.34. The predicted molar refractivity (Wildman–Crippen MR) is 116 cm³/mol. The fourth-order valence-electron chi connectivity index (χ4n) is 3.14. The maximum atomic E-state index is 13.2. The number of hydrogen-bond donors (Lipinski definition) is 0. The summed E-state index contributed by atoms with van der Waals surface area (Å²) in [7, 11) is 1.57. The molecule has 2 amide bonds. The summed E-state index contributed by atoms with van der Waals surface area (Å²) in [4.78, 5) is 41.0. The van der Waals surface area contributed by atoms with E-state index in [4.69, 9.17) is 9.47 Å². The molecule has 0 saturated heterocycles. The minimum atomic E-state index is -0.396. The number of methoxy groups -OCH3 is 1. The van der Waals surface area contributed by atoms with E-state index >= 15 is 0 Å². The lowest BCUT2D eigenvalue weighted by molar-refractivity contribution is -0.143. The molecule has 1 aliphatic heterocycles. The van der Waals surface area contributed by atoms with E-state index < -0.39 is 5.97 Å². The Hall–Kier alpha value is -2.62. The summed E-state index contributed by atoms with van der Waals surface area (Å²) in [5, 5.41) is 0. The third-order valence-corrected chi connectivity index (χ3v) is 5.19. The molecule has 0 fully saturated rings. The molecule has 0 bridgehead atoms. The molecule has 0 aliphatic carbocycles. The van der Waals surface area contributed by atoms with Gasteiger partial charge in [0.05, 0.1) is 31.4 Å². The number of carbonyl (C=O) groups is 3. The van der Waals surface area contributed by atoms with Crippen molar-refractivity contribution in [2.75, 3.05) is 31.7 Å². The largest absolute Gasteiger partial charge is 0.497 e. The fourth-order valence-corrected chi connectivity index (χ4v) is 3.63. The highest BCUT2D eigenvalue weighted by Gasteiger charge is 2.32. The normalized spacial score (nSPS) is 13.8. The Morgan fingerprint density at radius 2 is 1.86 bits per heavy atom. The zero-order chi connectivity index (χ0) is 21.0. The van der Waals surface area contributed by atoms with E-state index in [0.29, 0.717) is 22.7 Å². The van der Waals surface area contributed by atoms with E-state index in [2.05, 4.69) is 22.6 Å². The molecule has 0 spiro atoms. The number of ether oxygens (including phenoxy) is 2. The van der Waals surface area contributed by atoms with Crippen LogP contribution in [0.4, 0.5) is 11.4 Å². The van der Waals surface area contributed by atoms with Gasteiger partial charge in [0.15, 0.2) is 0 Å². The van der Waals surface area contributed by atoms with Gasteiger partial charge in [0.25, 0.3) is 11.8 Å². The number of carbonyl (C=O) groups excluding carboxylic acids is 3. The Kier molecular flexibility index (Phi) is 6.73. The Morgan fingerprint density at radius 3 is 2.52 bits per heavy atom. The molecule has 8 heteroatoms. The zero-order valence-corrected chi connectivity index (χ0v) is 18.3. The number of halogens is 1. The van der Waals surface area contributed by atoms with Crippen molar-refractivity contribution >= 4 is 51.7 Å². The first-order chi connectivity index (χ1) is 13.9. The van der Waals surface area contributed by atoms with E-state index in [9.17, 15) is 14.4 Å². The smallest absolute Gasteiger partial charge is 0.307 e. The van der Waals surface area contributed by atoms with Crippen LogP contribution >= 0.6 is 22.6 Å². The van der Waals surface area contributed by atoms with Crippen LogP contribution in [0.2, 0.25) is 0 Å². The van der Waals surface area contributed by atoms with Crippen molar-refractivity contribution in [2.45, 2.75) is 13.3 Å². The number of amides is 2. The van der Waals surface area contributed by atoms with Crippen LogP contribution in [0.3, 0.4) is 0 Å². The number of nitrogens with zero attached hydrogens (tertiary/aromatic N) is 2. The van der Waals surface area contributed by atoms with Crippen LogP contribution in [0.15, 0.2) is 42.5 Å². The van der Waals surface area contributed by atoms with Gasteiger partial charge < -0.3 is 14.4 Å². The Balaban J connectivity index is 1.98. The summed E-state index contributed by atoms with van der Waals surface area (Å²) < 4.78 is 11.0. The lowest BCUT2D eigenvalue weighted by atomic mass is 10.1. The van der Waals surface area contributed by atoms with Crippen molar-refractivity contribution in [3.63, 3.8) is 0 Å². The first-order valence-corrected chi connectivity index (χ1v) is 10.2. The molecule has 2 aromatic carbocycles. The fraction of sp³-hybridized carbons (Fsp3) is 0.286. The zero-order valence-electron chi connectivity index (χ0n) is 16.2. The average Bonchev–Trinajstić information content (AvgIpc) is 2.81. The van der Waals surface area contributed by atoms with Gasteiger partial charge in [-0.2, -0.15) is 0 Å². The van der Waals surface area contributed by atoms with Crippen LogP contribution in [-0.4, -0.2) is 49.5 Å². The summed E-state index contributed by atoms with van der Waals surface area (Å²) >= 11 is 2.13. The van der Waals surface area contributed by atoms with Crippen molar-refractivity contribution in [2.24, 2.45) is 0 Å². The maximum absolute atomic E-state index is 13.2. The van der Waals surface area contributed by atoms with Crippen molar-refractivity contribution in [3.05, 3.63) is 51.6 Å². The van der Waals surface area contributed by atoms with Crippen LogP contribution in [-0.2, 0) is 14.3 Å². The molecule has 7 nitrogen and oxygen atoms in total.